The van der Waals surface area contributed by atoms with Gasteiger partial charge < -0.3 is 4.74 Å². The van der Waals surface area contributed by atoms with Crippen molar-refractivity contribution in [2.75, 3.05) is 0 Å². The molecule has 0 aliphatic carbocycles. The number of halogens is 1. The van der Waals surface area contributed by atoms with E-state index in [1.54, 1.807) is 0 Å². The number of hydrogen-bond donors (Lipinski definition) is 0. The monoisotopic (exact) mass is 274 g/mol. The first-order valence-electron chi connectivity index (χ1n) is 6.60. The van der Waals surface area contributed by atoms with E-state index in [1.807, 2.05) is 56.3 Å². The first kappa shape index (κ1) is 14.0. The number of hydrogen-bond acceptors (Lipinski definition) is 1. The van der Waals surface area contributed by atoms with Crippen LogP contribution in [0, 0.1) is 0 Å². The summed E-state index contributed by atoms with van der Waals surface area (Å²) in [5.74, 6) is 0.891. The first-order chi connectivity index (χ1) is 9.15. The van der Waals surface area contributed by atoms with Crippen molar-refractivity contribution in [2.24, 2.45) is 0 Å². The lowest BCUT2D eigenvalue weighted by Crippen LogP contribution is -2.05. The molecule has 0 fully saturated rings. The van der Waals surface area contributed by atoms with Crippen LogP contribution >= 0.6 is 11.6 Å². The van der Waals surface area contributed by atoms with Gasteiger partial charge in [-0.3, -0.25) is 0 Å². The average Bonchev–Trinajstić information content (AvgIpc) is 2.40. The quantitative estimate of drug-likeness (QED) is 0.698. The van der Waals surface area contributed by atoms with E-state index in [0.29, 0.717) is 0 Å². The van der Waals surface area contributed by atoms with Crippen LogP contribution in [0.5, 0.6) is 5.75 Å². The third-order valence-electron chi connectivity index (χ3n) is 2.87. The van der Waals surface area contributed by atoms with Crippen molar-refractivity contribution in [3.63, 3.8) is 0 Å². The summed E-state index contributed by atoms with van der Waals surface area (Å²) in [6.45, 7) is 4.04. The zero-order chi connectivity index (χ0) is 13.7. The summed E-state index contributed by atoms with van der Waals surface area (Å²) in [7, 11) is 0. The maximum Gasteiger partial charge on any atom is 0.119 e. The molecule has 19 heavy (non-hydrogen) atoms. The summed E-state index contributed by atoms with van der Waals surface area (Å²) in [6, 6.07) is 18.3. The summed E-state index contributed by atoms with van der Waals surface area (Å²) in [5.41, 5.74) is 2.38. The van der Waals surface area contributed by atoms with E-state index in [0.717, 1.165) is 17.7 Å². The molecule has 2 heteroatoms. The maximum absolute atomic E-state index is 6.46. The lowest BCUT2D eigenvalue weighted by molar-refractivity contribution is 0.242. The van der Waals surface area contributed by atoms with Gasteiger partial charge in [-0.2, -0.15) is 0 Å². The van der Waals surface area contributed by atoms with Gasteiger partial charge >= 0.3 is 0 Å². The second kappa shape index (κ2) is 6.63. The number of alkyl halides is 1. The Labute approximate surface area is 120 Å². The standard InChI is InChI=1S/C17H19ClO/c1-13(2)19-16-10-8-15(9-11-16)17(18)12-14-6-4-3-5-7-14/h3-11,13,17H,12H2,1-2H3. The molecule has 0 aromatic heterocycles. The maximum atomic E-state index is 6.46. The van der Waals surface area contributed by atoms with Crippen LogP contribution in [0.25, 0.3) is 0 Å². The topological polar surface area (TPSA) is 9.23 Å². The van der Waals surface area contributed by atoms with Crippen molar-refractivity contribution in [1.82, 2.24) is 0 Å². The van der Waals surface area contributed by atoms with Crippen molar-refractivity contribution >= 4 is 11.6 Å². The second-order valence-electron chi connectivity index (χ2n) is 4.89. The van der Waals surface area contributed by atoms with Crippen LogP contribution in [-0.4, -0.2) is 6.10 Å². The van der Waals surface area contributed by atoms with E-state index in [2.05, 4.69) is 12.1 Å². The summed E-state index contributed by atoms with van der Waals surface area (Å²) in [4.78, 5) is 0. The minimum Gasteiger partial charge on any atom is -0.491 e. The highest BCUT2D eigenvalue weighted by Crippen LogP contribution is 2.26. The molecule has 0 aliphatic heterocycles. The van der Waals surface area contributed by atoms with Gasteiger partial charge in [-0.05, 0) is 43.5 Å². The van der Waals surface area contributed by atoms with Gasteiger partial charge in [0.25, 0.3) is 0 Å². The Balaban J connectivity index is 2.01. The van der Waals surface area contributed by atoms with Crippen LogP contribution in [0.4, 0.5) is 0 Å². The molecule has 1 unspecified atom stereocenters. The van der Waals surface area contributed by atoms with Crippen LogP contribution < -0.4 is 4.74 Å². The Morgan fingerprint density at radius 1 is 0.947 bits per heavy atom. The Morgan fingerprint density at radius 2 is 1.58 bits per heavy atom. The molecule has 2 rings (SSSR count). The van der Waals surface area contributed by atoms with Gasteiger partial charge in [0.05, 0.1) is 11.5 Å². The van der Waals surface area contributed by atoms with Crippen molar-refractivity contribution in [2.45, 2.75) is 31.7 Å². The molecule has 0 heterocycles. The van der Waals surface area contributed by atoms with Crippen molar-refractivity contribution in [1.29, 1.82) is 0 Å². The van der Waals surface area contributed by atoms with Crippen LogP contribution in [0.3, 0.4) is 0 Å². The van der Waals surface area contributed by atoms with Gasteiger partial charge in [0.15, 0.2) is 0 Å². The highest BCUT2D eigenvalue weighted by Gasteiger charge is 2.09. The van der Waals surface area contributed by atoms with E-state index in [1.165, 1.54) is 5.56 Å². The molecule has 100 valence electrons. The molecule has 2 aromatic rings. The minimum atomic E-state index is -0.00417. The van der Waals surface area contributed by atoms with Crippen molar-refractivity contribution in [3.05, 3.63) is 65.7 Å². The normalized spacial score (nSPS) is 12.4. The summed E-state index contributed by atoms with van der Waals surface area (Å²) >= 11 is 6.46. The zero-order valence-electron chi connectivity index (χ0n) is 11.3. The molecule has 0 spiro atoms. The third-order valence-corrected chi connectivity index (χ3v) is 3.28. The fourth-order valence-corrected chi connectivity index (χ4v) is 2.29. The predicted molar refractivity (Wildman–Crippen MR) is 80.9 cm³/mol. The first-order valence-corrected chi connectivity index (χ1v) is 7.03. The molecule has 0 aliphatic rings. The van der Waals surface area contributed by atoms with E-state index in [4.69, 9.17) is 16.3 Å². The molecule has 0 radical (unpaired) electrons. The van der Waals surface area contributed by atoms with Gasteiger partial charge in [0.2, 0.25) is 0 Å². The van der Waals surface area contributed by atoms with Crippen LogP contribution in [0.15, 0.2) is 54.6 Å². The van der Waals surface area contributed by atoms with Crippen LogP contribution in [0.2, 0.25) is 0 Å². The summed E-state index contributed by atoms with van der Waals surface area (Å²) < 4.78 is 5.62. The smallest absolute Gasteiger partial charge is 0.119 e. The number of benzene rings is 2. The van der Waals surface area contributed by atoms with E-state index < -0.39 is 0 Å². The molecule has 0 bridgehead atoms. The van der Waals surface area contributed by atoms with Crippen LogP contribution in [-0.2, 0) is 6.42 Å². The highest BCUT2D eigenvalue weighted by atomic mass is 35.5. The molecule has 2 aromatic carbocycles. The number of ether oxygens (including phenoxy) is 1. The molecule has 0 amide bonds. The van der Waals surface area contributed by atoms with Gasteiger partial charge in [-0.25, -0.2) is 0 Å². The second-order valence-corrected chi connectivity index (χ2v) is 5.42. The Hall–Kier alpha value is -1.47. The molecule has 1 atom stereocenters. The fraction of sp³-hybridized carbons (Fsp3) is 0.294. The third kappa shape index (κ3) is 4.29. The zero-order valence-corrected chi connectivity index (χ0v) is 12.1. The molecule has 0 N–H and O–H groups in total. The van der Waals surface area contributed by atoms with E-state index in [9.17, 15) is 0 Å². The van der Waals surface area contributed by atoms with Crippen molar-refractivity contribution < 1.29 is 4.74 Å². The minimum absolute atomic E-state index is 0.00417. The van der Waals surface area contributed by atoms with Crippen molar-refractivity contribution in [3.8, 4) is 5.75 Å². The van der Waals surface area contributed by atoms with Gasteiger partial charge in [0, 0.05) is 0 Å². The molecular formula is C17H19ClO. The Kier molecular flexibility index (Phi) is 4.86. The van der Waals surface area contributed by atoms with Gasteiger partial charge in [-0.15, -0.1) is 11.6 Å². The van der Waals surface area contributed by atoms with Gasteiger partial charge in [-0.1, -0.05) is 42.5 Å². The molecular weight excluding hydrogens is 256 g/mol. The van der Waals surface area contributed by atoms with Crippen LogP contribution in [0.1, 0.15) is 30.4 Å². The lowest BCUT2D eigenvalue weighted by atomic mass is 10.0. The number of rotatable bonds is 5. The lowest BCUT2D eigenvalue weighted by Gasteiger charge is -2.13. The Morgan fingerprint density at radius 3 is 2.16 bits per heavy atom. The largest absolute Gasteiger partial charge is 0.491 e. The summed E-state index contributed by atoms with van der Waals surface area (Å²) in [6.07, 6.45) is 1.04. The average molecular weight is 275 g/mol. The Bertz CT molecular complexity index is 490. The summed E-state index contributed by atoms with van der Waals surface area (Å²) in [5, 5.41) is -0.00417. The molecule has 0 saturated carbocycles. The highest BCUT2D eigenvalue weighted by molar-refractivity contribution is 6.20. The molecule has 0 saturated heterocycles. The predicted octanol–water partition coefficient (Wildman–Crippen LogP) is 5.00. The molecule has 1 nitrogen and oxygen atoms in total. The van der Waals surface area contributed by atoms with E-state index >= 15 is 0 Å². The van der Waals surface area contributed by atoms with E-state index in [-0.39, 0.29) is 11.5 Å². The SMILES string of the molecule is CC(C)Oc1ccc(C(Cl)Cc2ccccc2)cc1. The van der Waals surface area contributed by atoms with Gasteiger partial charge in [0.1, 0.15) is 5.75 Å². The fourth-order valence-electron chi connectivity index (χ4n) is 1.97.